The number of aliphatic hydroxyl groups excluding tert-OH is 2. The molecule has 1 aliphatic rings. The third-order valence-electron chi connectivity index (χ3n) is 2.89. The van der Waals surface area contributed by atoms with Crippen LogP contribution in [0.4, 0.5) is 0 Å². The van der Waals surface area contributed by atoms with Crippen LogP contribution in [0.25, 0.3) is 0 Å². The molecule has 0 aliphatic carbocycles. The van der Waals surface area contributed by atoms with Crippen molar-refractivity contribution in [2.75, 3.05) is 33.3 Å². The molecule has 1 saturated heterocycles. The summed E-state index contributed by atoms with van der Waals surface area (Å²) in [6.45, 7) is 4.65. The summed E-state index contributed by atoms with van der Waals surface area (Å²) in [4.78, 5) is 2.23. The van der Waals surface area contributed by atoms with E-state index in [4.69, 9.17) is 5.11 Å². The molecule has 14 heavy (non-hydrogen) atoms. The van der Waals surface area contributed by atoms with Gasteiger partial charge in [0.25, 0.3) is 0 Å². The van der Waals surface area contributed by atoms with Gasteiger partial charge in [-0.1, -0.05) is 0 Å². The van der Waals surface area contributed by atoms with Gasteiger partial charge in [-0.3, -0.25) is 0 Å². The number of hydrogen-bond acceptors (Lipinski definition) is 4. The average Bonchev–Trinajstić information content (AvgIpc) is 2.14. The standard InChI is InChI=1S/C10H22N2O2/c1-8(14)9-5-10(11-3-4-13)7-12(2)6-9/h8-11,13-14H,3-7H2,1-2H3. The van der Waals surface area contributed by atoms with E-state index < -0.39 is 0 Å². The monoisotopic (exact) mass is 202 g/mol. The van der Waals surface area contributed by atoms with Gasteiger partial charge in [0.05, 0.1) is 12.7 Å². The molecule has 84 valence electrons. The van der Waals surface area contributed by atoms with Crippen LogP contribution in [0.2, 0.25) is 0 Å². The Labute approximate surface area is 85.9 Å². The zero-order chi connectivity index (χ0) is 10.6. The predicted molar refractivity (Wildman–Crippen MR) is 56.2 cm³/mol. The zero-order valence-corrected chi connectivity index (χ0v) is 9.11. The highest BCUT2D eigenvalue weighted by atomic mass is 16.3. The SMILES string of the molecule is CC(O)C1CC(NCCO)CN(C)C1. The molecule has 3 N–H and O–H groups in total. The molecule has 1 heterocycles. The van der Waals surface area contributed by atoms with Crippen LogP contribution in [-0.2, 0) is 0 Å². The van der Waals surface area contributed by atoms with Crippen molar-refractivity contribution in [1.29, 1.82) is 0 Å². The summed E-state index contributed by atoms with van der Waals surface area (Å²) in [6, 6.07) is 0.403. The number of hydrogen-bond donors (Lipinski definition) is 3. The summed E-state index contributed by atoms with van der Waals surface area (Å²) in [5, 5.41) is 21.5. The largest absolute Gasteiger partial charge is 0.395 e. The van der Waals surface area contributed by atoms with E-state index in [1.807, 2.05) is 6.92 Å². The van der Waals surface area contributed by atoms with Crippen molar-refractivity contribution in [3.05, 3.63) is 0 Å². The quantitative estimate of drug-likeness (QED) is 0.562. The van der Waals surface area contributed by atoms with Crippen molar-refractivity contribution < 1.29 is 10.2 Å². The lowest BCUT2D eigenvalue weighted by Gasteiger charge is -2.37. The second kappa shape index (κ2) is 5.66. The second-order valence-corrected chi connectivity index (χ2v) is 4.33. The van der Waals surface area contributed by atoms with Gasteiger partial charge in [-0.05, 0) is 26.3 Å². The second-order valence-electron chi connectivity index (χ2n) is 4.33. The molecule has 1 rings (SSSR count). The Morgan fingerprint density at radius 1 is 1.50 bits per heavy atom. The first-order chi connectivity index (χ1) is 6.63. The molecule has 1 fully saturated rings. The lowest BCUT2D eigenvalue weighted by Crippen LogP contribution is -2.50. The van der Waals surface area contributed by atoms with E-state index in [9.17, 15) is 5.11 Å². The van der Waals surface area contributed by atoms with Crippen LogP contribution in [0.5, 0.6) is 0 Å². The summed E-state index contributed by atoms with van der Waals surface area (Å²) in [5.41, 5.74) is 0. The number of likely N-dealkylation sites (tertiary alicyclic amines) is 1. The van der Waals surface area contributed by atoms with Crippen LogP contribution in [0, 0.1) is 5.92 Å². The molecule has 0 aromatic rings. The molecule has 1 aliphatic heterocycles. The van der Waals surface area contributed by atoms with E-state index in [0.29, 0.717) is 18.5 Å². The Bertz CT molecular complexity index is 164. The first-order valence-corrected chi connectivity index (χ1v) is 5.34. The molecular weight excluding hydrogens is 180 g/mol. The topological polar surface area (TPSA) is 55.7 Å². The fourth-order valence-corrected chi connectivity index (χ4v) is 2.13. The van der Waals surface area contributed by atoms with Crippen molar-refractivity contribution >= 4 is 0 Å². The van der Waals surface area contributed by atoms with E-state index in [1.165, 1.54) is 0 Å². The van der Waals surface area contributed by atoms with Gasteiger partial charge in [0.2, 0.25) is 0 Å². The molecular formula is C10H22N2O2. The fourth-order valence-electron chi connectivity index (χ4n) is 2.13. The van der Waals surface area contributed by atoms with Crippen molar-refractivity contribution in [2.24, 2.45) is 5.92 Å². The lowest BCUT2D eigenvalue weighted by atomic mass is 9.90. The average molecular weight is 202 g/mol. The van der Waals surface area contributed by atoms with Crippen LogP contribution in [-0.4, -0.2) is 60.5 Å². The third-order valence-corrected chi connectivity index (χ3v) is 2.89. The summed E-state index contributed by atoms with van der Waals surface area (Å²) in [5.74, 6) is 0.352. The minimum atomic E-state index is -0.240. The summed E-state index contributed by atoms with van der Waals surface area (Å²) >= 11 is 0. The highest BCUT2D eigenvalue weighted by Crippen LogP contribution is 2.18. The summed E-state index contributed by atoms with van der Waals surface area (Å²) in [7, 11) is 2.07. The minimum absolute atomic E-state index is 0.180. The fraction of sp³-hybridized carbons (Fsp3) is 1.00. The van der Waals surface area contributed by atoms with Gasteiger partial charge in [0.15, 0.2) is 0 Å². The van der Waals surface area contributed by atoms with Gasteiger partial charge in [0, 0.05) is 25.7 Å². The van der Waals surface area contributed by atoms with Crippen molar-refractivity contribution in [1.82, 2.24) is 10.2 Å². The van der Waals surface area contributed by atoms with Gasteiger partial charge >= 0.3 is 0 Å². The molecule has 0 radical (unpaired) electrons. The van der Waals surface area contributed by atoms with Crippen molar-refractivity contribution in [3.63, 3.8) is 0 Å². The molecule has 0 aromatic carbocycles. The molecule has 0 aromatic heterocycles. The van der Waals surface area contributed by atoms with E-state index in [1.54, 1.807) is 0 Å². The molecule has 4 nitrogen and oxygen atoms in total. The van der Waals surface area contributed by atoms with Crippen LogP contribution < -0.4 is 5.32 Å². The molecule has 3 atom stereocenters. The van der Waals surface area contributed by atoms with Gasteiger partial charge in [-0.2, -0.15) is 0 Å². The van der Waals surface area contributed by atoms with Crippen LogP contribution in [0.3, 0.4) is 0 Å². The minimum Gasteiger partial charge on any atom is -0.395 e. The number of nitrogens with one attached hydrogen (secondary N) is 1. The molecule has 3 unspecified atom stereocenters. The van der Waals surface area contributed by atoms with Gasteiger partial charge < -0.3 is 20.4 Å². The first-order valence-electron chi connectivity index (χ1n) is 5.34. The number of rotatable bonds is 4. The van der Waals surface area contributed by atoms with Gasteiger partial charge in [-0.25, -0.2) is 0 Å². The molecule has 0 amide bonds. The maximum Gasteiger partial charge on any atom is 0.0556 e. The van der Waals surface area contributed by atoms with Crippen molar-refractivity contribution in [2.45, 2.75) is 25.5 Å². The Morgan fingerprint density at radius 3 is 2.79 bits per heavy atom. The highest BCUT2D eigenvalue weighted by Gasteiger charge is 2.27. The van der Waals surface area contributed by atoms with Crippen molar-refractivity contribution in [3.8, 4) is 0 Å². The smallest absolute Gasteiger partial charge is 0.0556 e. The maximum absolute atomic E-state index is 9.53. The highest BCUT2D eigenvalue weighted by molar-refractivity contribution is 4.84. The van der Waals surface area contributed by atoms with Gasteiger partial charge in [-0.15, -0.1) is 0 Å². The van der Waals surface area contributed by atoms with Crippen LogP contribution >= 0.6 is 0 Å². The number of aliphatic hydroxyl groups is 2. The first kappa shape index (κ1) is 11.9. The van der Waals surface area contributed by atoms with Crippen LogP contribution in [0.1, 0.15) is 13.3 Å². The predicted octanol–water partition coefficient (Wildman–Crippen LogP) is -0.731. The Hall–Kier alpha value is -0.160. The van der Waals surface area contributed by atoms with E-state index in [-0.39, 0.29) is 12.7 Å². The summed E-state index contributed by atoms with van der Waals surface area (Å²) < 4.78 is 0. The third kappa shape index (κ3) is 3.53. The van der Waals surface area contributed by atoms with E-state index >= 15 is 0 Å². The summed E-state index contributed by atoms with van der Waals surface area (Å²) in [6.07, 6.45) is 0.762. The van der Waals surface area contributed by atoms with E-state index in [0.717, 1.165) is 19.5 Å². The molecule has 0 saturated carbocycles. The molecule has 4 heteroatoms. The Kier molecular flexibility index (Phi) is 4.81. The number of nitrogens with zero attached hydrogens (tertiary/aromatic N) is 1. The lowest BCUT2D eigenvalue weighted by molar-refractivity contribution is 0.0576. The maximum atomic E-state index is 9.53. The Balaban J connectivity index is 2.37. The number of piperidine rings is 1. The molecule has 0 spiro atoms. The van der Waals surface area contributed by atoms with E-state index in [2.05, 4.69) is 17.3 Å². The number of likely N-dealkylation sites (N-methyl/N-ethyl adjacent to an activating group) is 1. The normalized spacial score (nSPS) is 31.7. The zero-order valence-electron chi connectivity index (χ0n) is 9.11. The molecule has 0 bridgehead atoms. The Morgan fingerprint density at radius 2 is 2.21 bits per heavy atom. The van der Waals surface area contributed by atoms with Crippen LogP contribution in [0.15, 0.2) is 0 Å². The van der Waals surface area contributed by atoms with Gasteiger partial charge in [0.1, 0.15) is 0 Å².